The number of hydrogen-bond acceptors (Lipinski definition) is 5. The average Bonchev–Trinajstić information content (AvgIpc) is 2.96. The van der Waals surface area contributed by atoms with E-state index in [2.05, 4.69) is 0 Å². The van der Waals surface area contributed by atoms with Crippen LogP contribution in [0.25, 0.3) is 5.57 Å². The van der Waals surface area contributed by atoms with Gasteiger partial charge in [-0.2, -0.15) is 0 Å². The zero-order valence-corrected chi connectivity index (χ0v) is 11.8. The summed E-state index contributed by atoms with van der Waals surface area (Å²) in [4.78, 5) is 23.3. The fraction of sp³-hybridized carbons (Fsp3) is 0.375. The Morgan fingerprint density at radius 2 is 2.14 bits per heavy atom. The first-order valence-electron chi connectivity index (χ1n) is 6.88. The Bertz CT molecular complexity index is 617. The summed E-state index contributed by atoms with van der Waals surface area (Å²) >= 11 is 0. The van der Waals surface area contributed by atoms with Gasteiger partial charge in [0, 0.05) is 6.42 Å². The monoisotopic (exact) mass is 288 g/mol. The molecule has 0 radical (unpaired) electrons. The highest BCUT2D eigenvalue weighted by Crippen LogP contribution is 2.39. The van der Waals surface area contributed by atoms with Crippen LogP contribution in [0.4, 0.5) is 0 Å². The smallest absolute Gasteiger partial charge is 0.306 e. The standard InChI is InChI=1S/C16H16O5/c1-19-16(18)7-11-2-4-12(17)8-13(11)10-3-5-14-15(6-10)21-9-20-14/h3,5-6,8,11H,2,4,7,9H2,1H3. The fourth-order valence-corrected chi connectivity index (χ4v) is 2.73. The van der Waals surface area contributed by atoms with Crippen LogP contribution >= 0.6 is 0 Å². The van der Waals surface area contributed by atoms with E-state index >= 15 is 0 Å². The predicted molar refractivity (Wildman–Crippen MR) is 74.9 cm³/mol. The predicted octanol–water partition coefficient (Wildman–Crippen LogP) is 2.34. The van der Waals surface area contributed by atoms with Crippen LogP contribution < -0.4 is 9.47 Å². The van der Waals surface area contributed by atoms with Crippen LogP contribution in [0, 0.1) is 5.92 Å². The van der Waals surface area contributed by atoms with Crippen molar-refractivity contribution in [1.29, 1.82) is 0 Å². The van der Waals surface area contributed by atoms with Crippen molar-refractivity contribution in [3.8, 4) is 11.5 Å². The number of ketones is 1. The Labute approximate surface area is 122 Å². The third-order valence-corrected chi connectivity index (χ3v) is 3.84. The maximum absolute atomic E-state index is 11.7. The lowest BCUT2D eigenvalue weighted by Crippen LogP contribution is -2.17. The second-order valence-corrected chi connectivity index (χ2v) is 5.15. The number of hydrogen-bond donors (Lipinski definition) is 0. The molecule has 110 valence electrons. The van der Waals surface area contributed by atoms with Crippen LogP contribution in [0.1, 0.15) is 24.8 Å². The number of allylic oxidation sites excluding steroid dienone is 2. The largest absolute Gasteiger partial charge is 0.469 e. The maximum Gasteiger partial charge on any atom is 0.306 e. The molecule has 0 saturated heterocycles. The maximum atomic E-state index is 11.7. The second kappa shape index (κ2) is 5.60. The van der Waals surface area contributed by atoms with Gasteiger partial charge in [0.25, 0.3) is 0 Å². The molecule has 1 atom stereocenters. The number of methoxy groups -OCH3 is 1. The molecule has 0 N–H and O–H groups in total. The van der Waals surface area contributed by atoms with Gasteiger partial charge < -0.3 is 14.2 Å². The van der Waals surface area contributed by atoms with Gasteiger partial charge >= 0.3 is 5.97 Å². The van der Waals surface area contributed by atoms with Crippen molar-refractivity contribution in [3.05, 3.63) is 29.8 Å². The Morgan fingerprint density at radius 3 is 2.95 bits per heavy atom. The summed E-state index contributed by atoms with van der Waals surface area (Å²) in [6.07, 6.45) is 3.04. The fourth-order valence-electron chi connectivity index (χ4n) is 2.73. The van der Waals surface area contributed by atoms with E-state index in [1.54, 1.807) is 6.08 Å². The van der Waals surface area contributed by atoms with Gasteiger partial charge in [-0.25, -0.2) is 0 Å². The summed E-state index contributed by atoms with van der Waals surface area (Å²) in [6.45, 7) is 0.211. The van der Waals surface area contributed by atoms with E-state index in [9.17, 15) is 9.59 Å². The van der Waals surface area contributed by atoms with Crippen LogP contribution in [0.3, 0.4) is 0 Å². The van der Waals surface area contributed by atoms with Gasteiger partial charge in [0.1, 0.15) is 0 Å². The van der Waals surface area contributed by atoms with Crippen LogP contribution in [-0.2, 0) is 14.3 Å². The molecule has 1 aliphatic heterocycles. The molecule has 5 nitrogen and oxygen atoms in total. The van der Waals surface area contributed by atoms with Gasteiger partial charge in [-0.15, -0.1) is 0 Å². The molecule has 21 heavy (non-hydrogen) atoms. The molecule has 5 heteroatoms. The Morgan fingerprint density at radius 1 is 1.33 bits per heavy atom. The normalized spacial score (nSPS) is 20.1. The number of rotatable bonds is 3. The minimum Gasteiger partial charge on any atom is -0.469 e. The first-order chi connectivity index (χ1) is 10.2. The first kappa shape index (κ1) is 13.7. The summed E-state index contributed by atoms with van der Waals surface area (Å²) < 4.78 is 15.4. The zero-order valence-electron chi connectivity index (χ0n) is 11.8. The number of esters is 1. The first-order valence-corrected chi connectivity index (χ1v) is 6.88. The summed E-state index contributed by atoms with van der Waals surface area (Å²) in [5.41, 5.74) is 1.76. The molecule has 0 fully saturated rings. The molecule has 1 aromatic carbocycles. The van der Waals surface area contributed by atoms with Crippen molar-refractivity contribution >= 4 is 17.3 Å². The van der Waals surface area contributed by atoms with Gasteiger partial charge in [0.2, 0.25) is 6.79 Å². The van der Waals surface area contributed by atoms with Crippen molar-refractivity contribution in [2.75, 3.05) is 13.9 Å². The summed E-state index contributed by atoms with van der Waals surface area (Å²) in [5, 5.41) is 0. The highest BCUT2D eigenvalue weighted by atomic mass is 16.7. The number of carbonyl (C=O) groups is 2. The van der Waals surface area contributed by atoms with E-state index < -0.39 is 0 Å². The molecule has 0 spiro atoms. The van der Waals surface area contributed by atoms with Gasteiger partial charge in [0.15, 0.2) is 17.3 Å². The molecule has 1 heterocycles. The molecule has 0 saturated carbocycles. The molecule has 1 aromatic rings. The van der Waals surface area contributed by atoms with Crippen molar-refractivity contribution in [1.82, 2.24) is 0 Å². The summed E-state index contributed by atoms with van der Waals surface area (Å²) in [6, 6.07) is 5.58. The number of benzene rings is 1. The topological polar surface area (TPSA) is 61.8 Å². The quantitative estimate of drug-likeness (QED) is 0.799. The zero-order chi connectivity index (χ0) is 14.8. The summed E-state index contributed by atoms with van der Waals surface area (Å²) in [5.74, 6) is 1.19. The van der Waals surface area contributed by atoms with Crippen LogP contribution in [0.15, 0.2) is 24.3 Å². The van der Waals surface area contributed by atoms with E-state index in [1.807, 2.05) is 18.2 Å². The van der Waals surface area contributed by atoms with Crippen molar-refractivity contribution in [2.45, 2.75) is 19.3 Å². The Hall–Kier alpha value is -2.30. The molecule has 1 aliphatic carbocycles. The third-order valence-electron chi connectivity index (χ3n) is 3.84. The van der Waals surface area contributed by atoms with Crippen molar-refractivity contribution in [3.63, 3.8) is 0 Å². The van der Waals surface area contributed by atoms with Crippen molar-refractivity contribution in [2.24, 2.45) is 5.92 Å². The minimum atomic E-state index is -0.263. The average molecular weight is 288 g/mol. The van der Waals surface area contributed by atoms with Gasteiger partial charge in [-0.3, -0.25) is 9.59 Å². The van der Waals surface area contributed by atoms with Gasteiger partial charge in [-0.05, 0) is 41.7 Å². The lowest BCUT2D eigenvalue weighted by atomic mass is 9.81. The molecule has 0 aromatic heterocycles. The van der Waals surface area contributed by atoms with Crippen LogP contribution in [0.5, 0.6) is 11.5 Å². The van der Waals surface area contributed by atoms with E-state index in [1.165, 1.54) is 7.11 Å². The molecule has 3 rings (SSSR count). The molecular formula is C16H16O5. The number of fused-ring (bicyclic) bond motifs is 1. The van der Waals surface area contributed by atoms with Gasteiger partial charge in [-0.1, -0.05) is 6.07 Å². The Kier molecular flexibility index (Phi) is 3.64. The number of carbonyl (C=O) groups excluding carboxylic acids is 2. The Balaban J connectivity index is 1.92. The molecular weight excluding hydrogens is 272 g/mol. The number of ether oxygens (including phenoxy) is 3. The SMILES string of the molecule is COC(=O)CC1CCC(=O)C=C1c1ccc2c(c1)OCO2. The second-order valence-electron chi connectivity index (χ2n) is 5.15. The highest BCUT2D eigenvalue weighted by molar-refractivity contribution is 5.99. The van der Waals surface area contributed by atoms with E-state index in [-0.39, 0.29) is 30.9 Å². The molecule has 0 bridgehead atoms. The third kappa shape index (κ3) is 2.77. The van der Waals surface area contributed by atoms with Crippen LogP contribution in [0.2, 0.25) is 0 Å². The molecule has 1 unspecified atom stereocenters. The summed E-state index contributed by atoms with van der Waals surface area (Å²) in [7, 11) is 1.38. The molecule has 2 aliphatic rings. The van der Waals surface area contributed by atoms with E-state index in [4.69, 9.17) is 14.2 Å². The lowest BCUT2D eigenvalue weighted by Gasteiger charge is -2.23. The molecule has 0 amide bonds. The van der Waals surface area contributed by atoms with Gasteiger partial charge in [0.05, 0.1) is 13.5 Å². The minimum absolute atomic E-state index is 0.00415. The van der Waals surface area contributed by atoms with Crippen LogP contribution in [-0.4, -0.2) is 25.7 Å². The highest BCUT2D eigenvalue weighted by Gasteiger charge is 2.26. The lowest BCUT2D eigenvalue weighted by molar-refractivity contribution is -0.141. The van der Waals surface area contributed by atoms with Crippen molar-refractivity contribution < 1.29 is 23.8 Å². The van der Waals surface area contributed by atoms with E-state index in [0.717, 1.165) is 11.1 Å². The van der Waals surface area contributed by atoms with E-state index in [0.29, 0.717) is 24.3 Å².